The van der Waals surface area contributed by atoms with Crippen LogP contribution in [0.2, 0.25) is 0 Å². The summed E-state index contributed by atoms with van der Waals surface area (Å²) in [6, 6.07) is 0. The zero-order valence-corrected chi connectivity index (χ0v) is 15.2. The van der Waals surface area contributed by atoms with Gasteiger partial charge in [0.05, 0.1) is 6.61 Å². The number of aliphatic carboxylic acids is 1. The van der Waals surface area contributed by atoms with Gasteiger partial charge in [-0.1, -0.05) is 13.3 Å². The Morgan fingerprint density at radius 1 is 1.00 bits per heavy atom. The lowest BCUT2D eigenvalue weighted by Crippen LogP contribution is -2.44. The molecule has 0 radical (unpaired) electrons. The predicted molar refractivity (Wildman–Crippen MR) is 91.7 cm³/mol. The van der Waals surface area contributed by atoms with Crippen LogP contribution in [0.25, 0.3) is 0 Å². The molecule has 0 aromatic heterocycles. The van der Waals surface area contributed by atoms with E-state index in [0.717, 1.165) is 12.8 Å². The second kappa shape index (κ2) is 12.8. The number of hydrogen-bond acceptors (Lipinski definition) is 4. The molecule has 7 heteroatoms. The van der Waals surface area contributed by atoms with E-state index in [1.165, 1.54) is 0 Å². The van der Waals surface area contributed by atoms with Crippen molar-refractivity contribution in [1.29, 1.82) is 0 Å². The van der Waals surface area contributed by atoms with Gasteiger partial charge in [0.15, 0.2) is 0 Å². The number of nitrogens with one attached hydrogen (secondary N) is 2. The molecule has 0 aromatic rings. The zero-order chi connectivity index (χ0) is 18.4. The third-order valence-corrected chi connectivity index (χ3v) is 3.47. The van der Waals surface area contributed by atoms with Gasteiger partial charge in [0, 0.05) is 38.0 Å². The standard InChI is InChI=1S/C17H32N2O5/c1-4-5-11-18-14(20)9-12-24-13-10-17(2,3)19-15(21)7-6-8-16(22)23/h4-13H2,1-3H3,(H,18,20)(H,19,21)(H,22,23). The fourth-order valence-corrected chi connectivity index (χ4v) is 1.99. The molecule has 7 nitrogen and oxygen atoms in total. The van der Waals surface area contributed by atoms with Gasteiger partial charge in [-0.2, -0.15) is 0 Å². The van der Waals surface area contributed by atoms with Crippen LogP contribution < -0.4 is 10.6 Å². The Kier molecular flexibility index (Phi) is 11.9. The van der Waals surface area contributed by atoms with Crippen molar-refractivity contribution in [3.8, 4) is 0 Å². The Balaban J connectivity index is 3.74. The highest BCUT2D eigenvalue weighted by Crippen LogP contribution is 2.09. The van der Waals surface area contributed by atoms with Crippen LogP contribution in [0, 0.1) is 0 Å². The van der Waals surface area contributed by atoms with Gasteiger partial charge in [0.1, 0.15) is 0 Å². The van der Waals surface area contributed by atoms with Crippen molar-refractivity contribution in [1.82, 2.24) is 10.6 Å². The summed E-state index contributed by atoms with van der Waals surface area (Å²) in [4.78, 5) is 33.6. The molecule has 2 amide bonds. The number of unbranched alkanes of at least 4 members (excludes halogenated alkanes) is 1. The van der Waals surface area contributed by atoms with Crippen LogP contribution in [0.4, 0.5) is 0 Å². The minimum Gasteiger partial charge on any atom is -0.481 e. The summed E-state index contributed by atoms with van der Waals surface area (Å²) in [6.07, 6.45) is 3.52. The minimum absolute atomic E-state index is 0.00270. The van der Waals surface area contributed by atoms with Gasteiger partial charge in [-0.15, -0.1) is 0 Å². The van der Waals surface area contributed by atoms with E-state index in [-0.39, 0.29) is 24.7 Å². The fraction of sp³-hybridized carbons (Fsp3) is 0.824. The van der Waals surface area contributed by atoms with Crippen molar-refractivity contribution >= 4 is 17.8 Å². The van der Waals surface area contributed by atoms with E-state index in [1.807, 2.05) is 13.8 Å². The number of hydrogen-bond donors (Lipinski definition) is 3. The first-order valence-corrected chi connectivity index (χ1v) is 8.64. The first-order valence-electron chi connectivity index (χ1n) is 8.64. The van der Waals surface area contributed by atoms with E-state index in [9.17, 15) is 14.4 Å². The van der Waals surface area contributed by atoms with Crippen LogP contribution in [0.5, 0.6) is 0 Å². The number of amides is 2. The maximum atomic E-state index is 11.7. The molecule has 24 heavy (non-hydrogen) atoms. The van der Waals surface area contributed by atoms with Gasteiger partial charge in [-0.05, 0) is 33.1 Å². The molecule has 0 unspecified atom stereocenters. The van der Waals surface area contributed by atoms with Crippen LogP contribution >= 0.6 is 0 Å². The highest BCUT2D eigenvalue weighted by atomic mass is 16.5. The summed E-state index contributed by atoms with van der Waals surface area (Å²) in [5, 5.41) is 14.2. The monoisotopic (exact) mass is 344 g/mol. The lowest BCUT2D eigenvalue weighted by atomic mass is 10.0. The SMILES string of the molecule is CCCCNC(=O)CCOCCC(C)(C)NC(=O)CCCC(=O)O. The smallest absolute Gasteiger partial charge is 0.303 e. The van der Waals surface area contributed by atoms with Crippen molar-refractivity contribution < 1.29 is 24.2 Å². The number of carbonyl (C=O) groups excluding carboxylic acids is 2. The molecule has 140 valence electrons. The van der Waals surface area contributed by atoms with Crippen molar-refractivity contribution in [3.63, 3.8) is 0 Å². The molecule has 0 aromatic carbocycles. The zero-order valence-electron chi connectivity index (χ0n) is 15.2. The number of carboxylic acid groups (broad SMARTS) is 1. The maximum absolute atomic E-state index is 11.7. The second-order valence-corrected chi connectivity index (χ2v) is 6.50. The first-order chi connectivity index (χ1) is 11.3. The third-order valence-electron chi connectivity index (χ3n) is 3.47. The van der Waals surface area contributed by atoms with E-state index in [2.05, 4.69) is 17.6 Å². The predicted octanol–water partition coefficient (Wildman–Crippen LogP) is 1.85. The third kappa shape index (κ3) is 14.0. The van der Waals surface area contributed by atoms with E-state index in [0.29, 0.717) is 39.0 Å². The molecule has 0 aliphatic rings. The quantitative estimate of drug-likeness (QED) is 0.417. The highest BCUT2D eigenvalue weighted by molar-refractivity contribution is 5.77. The molecule has 3 N–H and O–H groups in total. The average Bonchev–Trinajstić information content (AvgIpc) is 2.46. The van der Waals surface area contributed by atoms with Crippen LogP contribution in [-0.4, -0.2) is 48.2 Å². The van der Waals surface area contributed by atoms with Crippen molar-refractivity contribution in [2.45, 2.75) is 71.3 Å². The second-order valence-electron chi connectivity index (χ2n) is 6.50. The Labute approximate surface area is 144 Å². The van der Waals surface area contributed by atoms with E-state index >= 15 is 0 Å². The van der Waals surface area contributed by atoms with Gasteiger partial charge in [0.25, 0.3) is 0 Å². The van der Waals surface area contributed by atoms with E-state index in [1.54, 1.807) is 0 Å². The summed E-state index contributed by atoms with van der Waals surface area (Å²) in [6.45, 7) is 7.37. The van der Waals surface area contributed by atoms with Crippen LogP contribution in [-0.2, 0) is 19.1 Å². The first kappa shape index (κ1) is 22.4. The number of carboxylic acids is 1. The molecular weight excluding hydrogens is 312 g/mol. The average molecular weight is 344 g/mol. The van der Waals surface area contributed by atoms with Crippen LogP contribution in [0.3, 0.4) is 0 Å². The largest absolute Gasteiger partial charge is 0.481 e. The maximum Gasteiger partial charge on any atom is 0.303 e. The summed E-state index contributed by atoms with van der Waals surface area (Å²) < 4.78 is 5.45. The summed E-state index contributed by atoms with van der Waals surface area (Å²) in [7, 11) is 0. The number of carbonyl (C=O) groups is 3. The molecule has 0 aliphatic heterocycles. The molecule has 0 rings (SSSR count). The molecule has 0 saturated carbocycles. The molecule has 0 saturated heterocycles. The van der Waals surface area contributed by atoms with Crippen LogP contribution in [0.1, 0.15) is 65.7 Å². The Bertz CT molecular complexity index is 396. The number of rotatable bonds is 14. The Hall–Kier alpha value is -1.63. The Morgan fingerprint density at radius 2 is 1.71 bits per heavy atom. The van der Waals surface area contributed by atoms with Crippen molar-refractivity contribution in [2.75, 3.05) is 19.8 Å². The highest BCUT2D eigenvalue weighted by Gasteiger charge is 2.20. The van der Waals surface area contributed by atoms with Gasteiger partial charge < -0.3 is 20.5 Å². The molecule has 0 bridgehead atoms. The van der Waals surface area contributed by atoms with Crippen molar-refractivity contribution in [3.05, 3.63) is 0 Å². The normalized spacial score (nSPS) is 11.1. The van der Waals surface area contributed by atoms with Crippen molar-refractivity contribution in [2.24, 2.45) is 0 Å². The molecule has 0 aliphatic carbocycles. The van der Waals surface area contributed by atoms with Crippen LogP contribution in [0.15, 0.2) is 0 Å². The van der Waals surface area contributed by atoms with E-state index in [4.69, 9.17) is 9.84 Å². The van der Waals surface area contributed by atoms with Gasteiger partial charge in [0.2, 0.25) is 11.8 Å². The molecule has 0 fully saturated rings. The summed E-state index contributed by atoms with van der Waals surface area (Å²) in [5.41, 5.74) is -0.427. The van der Waals surface area contributed by atoms with Gasteiger partial charge >= 0.3 is 5.97 Å². The van der Waals surface area contributed by atoms with E-state index < -0.39 is 11.5 Å². The van der Waals surface area contributed by atoms with Gasteiger partial charge in [-0.3, -0.25) is 14.4 Å². The van der Waals surface area contributed by atoms with Gasteiger partial charge in [-0.25, -0.2) is 0 Å². The molecule has 0 atom stereocenters. The topological polar surface area (TPSA) is 105 Å². The lowest BCUT2D eigenvalue weighted by molar-refractivity contribution is -0.137. The Morgan fingerprint density at radius 3 is 2.33 bits per heavy atom. The minimum atomic E-state index is -0.894. The molecule has 0 spiro atoms. The summed E-state index contributed by atoms with van der Waals surface area (Å²) >= 11 is 0. The fourth-order valence-electron chi connectivity index (χ4n) is 1.99. The number of ether oxygens (including phenoxy) is 1. The molecule has 0 heterocycles. The molecular formula is C17H32N2O5. The lowest BCUT2D eigenvalue weighted by Gasteiger charge is -2.26. The summed E-state index contributed by atoms with van der Waals surface area (Å²) in [5.74, 6) is -1.06.